The molecule has 0 bridgehead atoms. The van der Waals surface area contributed by atoms with E-state index in [1.807, 2.05) is 35.4 Å². The van der Waals surface area contributed by atoms with Crippen molar-refractivity contribution in [2.24, 2.45) is 0 Å². The summed E-state index contributed by atoms with van der Waals surface area (Å²) >= 11 is 0. The molecule has 3 heterocycles. The Bertz CT molecular complexity index is 751. The zero-order valence-corrected chi connectivity index (χ0v) is 14.7. The predicted molar refractivity (Wildman–Crippen MR) is 97.4 cm³/mol. The van der Waals surface area contributed by atoms with Crippen LogP contribution >= 0.6 is 0 Å². The van der Waals surface area contributed by atoms with Gasteiger partial charge in [-0.15, -0.1) is 0 Å². The molecule has 4 rings (SSSR count). The van der Waals surface area contributed by atoms with Gasteiger partial charge in [0.15, 0.2) is 0 Å². The van der Waals surface area contributed by atoms with Gasteiger partial charge in [0.2, 0.25) is 5.91 Å². The van der Waals surface area contributed by atoms with E-state index in [4.69, 9.17) is 0 Å². The molecular weight excluding hydrogens is 316 g/mol. The molecule has 2 aliphatic heterocycles. The summed E-state index contributed by atoms with van der Waals surface area (Å²) in [6.07, 6.45) is 1.86. The molecule has 0 aliphatic carbocycles. The number of nitrogens with zero attached hydrogens (tertiary/aromatic N) is 3. The first kappa shape index (κ1) is 16.6. The molecule has 6 nitrogen and oxygen atoms in total. The normalized spacial score (nSPS) is 25.8. The van der Waals surface area contributed by atoms with Crippen molar-refractivity contribution in [3.63, 3.8) is 0 Å². The number of rotatable bonds is 3. The number of hydrogen-bond donors (Lipinski definition) is 2. The molecule has 1 amide bonds. The average Bonchev–Trinajstić information content (AvgIpc) is 3.20. The molecule has 1 aromatic carbocycles. The van der Waals surface area contributed by atoms with E-state index in [-0.39, 0.29) is 11.9 Å². The Morgan fingerprint density at radius 3 is 2.76 bits per heavy atom. The molecule has 2 aromatic rings. The van der Waals surface area contributed by atoms with Gasteiger partial charge in [0.25, 0.3) is 0 Å². The number of likely N-dealkylation sites (tertiary alicyclic amines) is 1. The topological polar surface area (TPSA) is 62.8 Å². The van der Waals surface area contributed by atoms with Crippen LogP contribution in [0.15, 0.2) is 30.5 Å². The highest BCUT2D eigenvalue weighted by atomic mass is 16.3. The number of piperazine rings is 1. The summed E-state index contributed by atoms with van der Waals surface area (Å²) in [5, 5.41) is 11.6. The van der Waals surface area contributed by atoms with Gasteiger partial charge in [0.1, 0.15) is 0 Å². The number of H-pyrrole nitrogens is 1. The molecule has 2 saturated heterocycles. The maximum absolute atomic E-state index is 12.8. The fraction of sp³-hybridized carbons (Fsp3) is 0.526. The molecule has 2 fully saturated rings. The first-order valence-electron chi connectivity index (χ1n) is 9.05. The van der Waals surface area contributed by atoms with Crippen molar-refractivity contribution in [3.8, 4) is 0 Å². The van der Waals surface area contributed by atoms with Crippen molar-refractivity contribution in [2.45, 2.75) is 18.6 Å². The molecule has 134 valence electrons. The molecule has 2 N–H and O–H groups in total. The zero-order chi connectivity index (χ0) is 17.4. The minimum absolute atomic E-state index is 0.0700. The first-order chi connectivity index (χ1) is 12.1. The third-order valence-corrected chi connectivity index (χ3v) is 5.64. The van der Waals surface area contributed by atoms with Crippen LogP contribution in [0.4, 0.5) is 0 Å². The second-order valence-corrected chi connectivity index (χ2v) is 7.31. The smallest absolute Gasteiger partial charge is 0.227 e. The van der Waals surface area contributed by atoms with E-state index in [9.17, 15) is 9.90 Å². The van der Waals surface area contributed by atoms with Crippen molar-refractivity contribution in [1.29, 1.82) is 0 Å². The largest absolute Gasteiger partial charge is 0.390 e. The number of benzene rings is 1. The van der Waals surface area contributed by atoms with Crippen LogP contribution in [-0.2, 0) is 11.2 Å². The Kier molecular flexibility index (Phi) is 4.50. The fourth-order valence-electron chi connectivity index (χ4n) is 4.04. The Morgan fingerprint density at radius 1 is 1.20 bits per heavy atom. The Balaban J connectivity index is 1.41. The standard InChI is InChI=1S/C19H26N4O2/c1-21-6-8-22(9-7-21)17-12-23(13-18(17)24)19(25)10-14-11-20-16-5-3-2-4-15(14)16/h2-5,11,17-18,20,24H,6-10,12-13H2,1H3/t17-,18-/m1/s1. The van der Waals surface area contributed by atoms with Gasteiger partial charge in [-0.3, -0.25) is 9.69 Å². The number of fused-ring (bicyclic) bond motifs is 1. The lowest BCUT2D eigenvalue weighted by molar-refractivity contribution is -0.129. The van der Waals surface area contributed by atoms with Gasteiger partial charge in [0.05, 0.1) is 18.6 Å². The lowest BCUT2D eigenvalue weighted by Crippen LogP contribution is -2.52. The fourth-order valence-corrected chi connectivity index (χ4v) is 4.04. The quantitative estimate of drug-likeness (QED) is 0.854. The number of aliphatic hydroxyl groups is 1. The lowest BCUT2D eigenvalue weighted by Gasteiger charge is -2.37. The summed E-state index contributed by atoms with van der Waals surface area (Å²) in [6.45, 7) is 5.04. The number of aromatic nitrogens is 1. The van der Waals surface area contributed by atoms with Crippen molar-refractivity contribution in [1.82, 2.24) is 19.7 Å². The second-order valence-electron chi connectivity index (χ2n) is 7.31. The third-order valence-electron chi connectivity index (χ3n) is 5.64. The van der Waals surface area contributed by atoms with Crippen molar-refractivity contribution < 1.29 is 9.90 Å². The number of hydrogen-bond acceptors (Lipinski definition) is 4. The first-order valence-corrected chi connectivity index (χ1v) is 9.05. The molecule has 6 heteroatoms. The number of aliphatic hydroxyl groups excluding tert-OH is 1. The SMILES string of the molecule is CN1CCN([C@@H]2CN(C(=O)Cc3c[nH]c4ccccc34)C[C@H]2O)CC1. The van der Waals surface area contributed by atoms with E-state index in [1.165, 1.54) is 0 Å². The number of aromatic amines is 1. The van der Waals surface area contributed by atoms with Gasteiger partial charge in [-0.05, 0) is 18.7 Å². The van der Waals surface area contributed by atoms with Gasteiger partial charge in [-0.2, -0.15) is 0 Å². The number of carbonyl (C=O) groups is 1. The summed E-state index contributed by atoms with van der Waals surface area (Å²) in [7, 11) is 2.12. The monoisotopic (exact) mass is 342 g/mol. The van der Waals surface area contributed by atoms with Gasteiger partial charge in [0, 0.05) is 56.4 Å². The van der Waals surface area contributed by atoms with Gasteiger partial charge in [-0.25, -0.2) is 0 Å². The highest BCUT2D eigenvalue weighted by molar-refractivity contribution is 5.89. The summed E-state index contributed by atoms with van der Waals surface area (Å²) in [5.74, 6) is 0.0976. The molecule has 0 unspecified atom stereocenters. The van der Waals surface area contributed by atoms with Crippen LogP contribution < -0.4 is 0 Å². The average molecular weight is 342 g/mol. The maximum Gasteiger partial charge on any atom is 0.227 e. The van der Waals surface area contributed by atoms with Crippen LogP contribution in [0.2, 0.25) is 0 Å². The lowest BCUT2D eigenvalue weighted by atomic mass is 10.1. The van der Waals surface area contributed by atoms with E-state index in [0.29, 0.717) is 19.5 Å². The Hall–Kier alpha value is -1.89. The number of nitrogens with one attached hydrogen (secondary N) is 1. The molecule has 2 aliphatic rings. The number of carbonyl (C=O) groups excluding carboxylic acids is 1. The van der Waals surface area contributed by atoms with Crippen molar-refractivity contribution in [3.05, 3.63) is 36.0 Å². The second kappa shape index (κ2) is 6.78. The third kappa shape index (κ3) is 3.29. The van der Waals surface area contributed by atoms with E-state index < -0.39 is 6.10 Å². The van der Waals surface area contributed by atoms with Gasteiger partial charge >= 0.3 is 0 Å². The minimum atomic E-state index is -0.449. The summed E-state index contributed by atoms with van der Waals surface area (Å²) < 4.78 is 0. The number of amides is 1. The Morgan fingerprint density at radius 2 is 1.96 bits per heavy atom. The Labute approximate surface area is 148 Å². The van der Waals surface area contributed by atoms with E-state index in [0.717, 1.165) is 42.6 Å². The molecule has 0 saturated carbocycles. The number of para-hydroxylation sites is 1. The molecule has 25 heavy (non-hydrogen) atoms. The van der Waals surface area contributed by atoms with Gasteiger partial charge < -0.3 is 19.9 Å². The molecule has 0 spiro atoms. The van der Waals surface area contributed by atoms with Crippen LogP contribution in [0.3, 0.4) is 0 Å². The van der Waals surface area contributed by atoms with Crippen LogP contribution in [0, 0.1) is 0 Å². The highest BCUT2D eigenvalue weighted by Crippen LogP contribution is 2.22. The number of likely N-dealkylation sites (N-methyl/N-ethyl adjacent to an activating group) is 1. The maximum atomic E-state index is 12.8. The van der Waals surface area contributed by atoms with Crippen LogP contribution in [0.25, 0.3) is 10.9 Å². The molecule has 2 atom stereocenters. The zero-order valence-electron chi connectivity index (χ0n) is 14.7. The van der Waals surface area contributed by atoms with Crippen LogP contribution in [0.5, 0.6) is 0 Å². The summed E-state index contributed by atoms with van der Waals surface area (Å²) in [4.78, 5) is 22.5. The summed E-state index contributed by atoms with van der Waals surface area (Å²) in [6, 6.07) is 8.11. The number of β-amino-alcohol motifs (C(OH)–C–C–N with tert-alkyl or cyclic N) is 1. The van der Waals surface area contributed by atoms with E-state index >= 15 is 0 Å². The minimum Gasteiger partial charge on any atom is -0.390 e. The molecule has 1 aromatic heterocycles. The summed E-state index contributed by atoms with van der Waals surface area (Å²) in [5.41, 5.74) is 2.08. The van der Waals surface area contributed by atoms with E-state index in [2.05, 4.69) is 21.8 Å². The molecular formula is C19H26N4O2. The highest BCUT2D eigenvalue weighted by Gasteiger charge is 2.38. The molecule has 0 radical (unpaired) electrons. The van der Waals surface area contributed by atoms with E-state index in [1.54, 1.807) is 0 Å². The van der Waals surface area contributed by atoms with Crippen LogP contribution in [0.1, 0.15) is 5.56 Å². The van der Waals surface area contributed by atoms with Crippen LogP contribution in [-0.4, -0.2) is 89.2 Å². The van der Waals surface area contributed by atoms with Crippen molar-refractivity contribution in [2.75, 3.05) is 46.3 Å². The van der Waals surface area contributed by atoms with Gasteiger partial charge in [-0.1, -0.05) is 18.2 Å². The predicted octanol–water partition coefficient (Wildman–Crippen LogP) is 0.529. The van der Waals surface area contributed by atoms with Crippen molar-refractivity contribution >= 4 is 16.8 Å².